The minimum Gasteiger partial charge on any atom is -0.385 e. The zero-order valence-electron chi connectivity index (χ0n) is 10.6. The molecule has 0 radical (unpaired) electrons. The summed E-state index contributed by atoms with van der Waals surface area (Å²) in [7, 11) is 2.21. The van der Waals surface area contributed by atoms with Crippen molar-refractivity contribution in [3.63, 3.8) is 0 Å². The van der Waals surface area contributed by atoms with Gasteiger partial charge in [-0.05, 0) is 38.3 Å². The summed E-state index contributed by atoms with van der Waals surface area (Å²) in [5, 5.41) is 3.33. The number of rotatable bonds is 5. The molecule has 1 atom stereocenters. The van der Waals surface area contributed by atoms with Crippen LogP contribution in [0.15, 0.2) is 18.3 Å². The van der Waals surface area contributed by atoms with E-state index < -0.39 is 0 Å². The Balaban J connectivity index is 1.94. The predicted molar refractivity (Wildman–Crippen MR) is 75.6 cm³/mol. The van der Waals surface area contributed by atoms with Gasteiger partial charge in [0.1, 0.15) is 0 Å². The van der Waals surface area contributed by atoms with Crippen LogP contribution in [-0.2, 0) is 6.54 Å². The smallest absolute Gasteiger partial charge is 0.0564 e. The summed E-state index contributed by atoms with van der Waals surface area (Å²) in [4.78, 5) is 6.87. The lowest BCUT2D eigenvalue weighted by Gasteiger charge is -2.23. The molecule has 1 N–H and O–H groups in total. The fourth-order valence-electron chi connectivity index (χ4n) is 2.13. The van der Waals surface area contributed by atoms with Gasteiger partial charge in [0.05, 0.1) is 5.69 Å². The third-order valence-electron chi connectivity index (χ3n) is 3.14. The Morgan fingerprint density at radius 2 is 2.47 bits per heavy atom. The topological polar surface area (TPSA) is 28.2 Å². The zero-order chi connectivity index (χ0) is 12.1. The van der Waals surface area contributed by atoms with Gasteiger partial charge in [0.15, 0.2) is 0 Å². The molecule has 1 aromatic heterocycles. The third kappa shape index (κ3) is 3.61. The van der Waals surface area contributed by atoms with Crippen LogP contribution < -0.4 is 5.32 Å². The Hall–Kier alpha value is -0.740. The highest BCUT2D eigenvalue weighted by Crippen LogP contribution is 2.22. The number of aromatic nitrogens is 1. The van der Waals surface area contributed by atoms with Crippen LogP contribution in [0.3, 0.4) is 0 Å². The molecule has 17 heavy (non-hydrogen) atoms. The molecule has 2 heterocycles. The van der Waals surface area contributed by atoms with Gasteiger partial charge in [-0.25, -0.2) is 0 Å². The van der Waals surface area contributed by atoms with Crippen molar-refractivity contribution < 1.29 is 0 Å². The van der Waals surface area contributed by atoms with E-state index in [9.17, 15) is 0 Å². The number of nitrogens with one attached hydrogen (secondary N) is 1. The summed E-state index contributed by atoms with van der Waals surface area (Å²) >= 11 is 2.06. The predicted octanol–water partition coefficient (Wildman–Crippen LogP) is 2.45. The second-order valence-electron chi connectivity index (χ2n) is 4.50. The van der Waals surface area contributed by atoms with Crippen molar-refractivity contribution in [2.24, 2.45) is 0 Å². The van der Waals surface area contributed by atoms with E-state index in [0.717, 1.165) is 24.8 Å². The Morgan fingerprint density at radius 3 is 3.18 bits per heavy atom. The molecule has 1 fully saturated rings. The molecule has 0 amide bonds. The van der Waals surface area contributed by atoms with Crippen molar-refractivity contribution in [2.45, 2.75) is 25.9 Å². The van der Waals surface area contributed by atoms with Crippen LogP contribution in [-0.4, -0.2) is 41.0 Å². The highest BCUT2D eigenvalue weighted by molar-refractivity contribution is 7.99. The second-order valence-corrected chi connectivity index (χ2v) is 5.65. The minimum atomic E-state index is 0.726. The van der Waals surface area contributed by atoms with Crippen LogP contribution in [0.4, 0.5) is 5.69 Å². The molecule has 0 aliphatic carbocycles. The lowest BCUT2D eigenvalue weighted by atomic mass is 10.2. The molecule has 2 rings (SSSR count). The summed E-state index contributed by atoms with van der Waals surface area (Å²) in [6.07, 6.45) is 3.21. The first-order chi connectivity index (χ1) is 8.29. The van der Waals surface area contributed by atoms with Crippen molar-refractivity contribution in [3.8, 4) is 0 Å². The Bertz CT molecular complexity index is 350. The average molecular weight is 251 g/mol. The van der Waals surface area contributed by atoms with E-state index in [0.29, 0.717) is 0 Å². The summed E-state index contributed by atoms with van der Waals surface area (Å²) in [6, 6.07) is 4.91. The van der Waals surface area contributed by atoms with Crippen molar-refractivity contribution >= 4 is 17.4 Å². The van der Waals surface area contributed by atoms with Crippen LogP contribution in [0.25, 0.3) is 0 Å². The van der Waals surface area contributed by atoms with Gasteiger partial charge in [-0.1, -0.05) is 0 Å². The first kappa shape index (κ1) is 12.7. The van der Waals surface area contributed by atoms with E-state index >= 15 is 0 Å². The zero-order valence-corrected chi connectivity index (χ0v) is 11.5. The van der Waals surface area contributed by atoms with E-state index in [1.165, 1.54) is 23.6 Å². The molecule has 0 aromatic carbocycles. The summed E-state index contributed by atoms with van der Waals surface area (Å²) in [5.41, 5.74) is 2.33. The lowest BCUT2D eigenvalue weighted by Crippen LogP contribution is -2.31. The van der Waals surface area contributed by atoms with Gasteiger partial charge in [0, 0.05) is 36.8 Å². The molecule has 0 saturated carbocycles. The SMILES string of the molecule is CCNc1ccnc(CN(C)C2CCSC2)c1. The minimum absolute atomic E-state index is 0.726. The molecular weight excluding hydrogens is 230 g/mol. The summed E-state index contributed by atoms with van der Waals surface area (Å²) in [5.74, 6) is 2.57. The van der Waals surface area contributed by atoms with Gasteiger partial charge < -0.3 is 5.32 Å². The van der Waals surface area contributed by atoms with E-state index in [4.69, 9.17) is 0 Å². The van der Waals surface area contributed by atoms with E-state index in [2.05, 4.69) is 47.0 Å². The normalized spacial score (nSPS) is 19.8. The standard InChI is InChI=1S/C13H21N3S/c1-3-14-11-4-6-15-12(8-11)9-16(2)13-5-7-17-10-13/h4,6,8,13H,3,5,7,9-10H2,1-2H3,(H,14,15). The van der Waals surface area contributed by atoms with Crippen molar-refractivity contribution in [2.75, 3.05) is 30.4 Å². The van der Waals surface area contributed by atoms with Crippen molar-refractivity contribution in [3.05, 3.63) is 24.0 Å². The molecule has 1 aliphatic heterocycles. The average Bonchev–Trinajstić information content (AvgIpc) is 2.83. The molecule has 3 nitrogen and oxygen atoms in total. The highest BCUT2D eigenvalue weighted by atomic mass is 32.2. The molecule has 1 aliphatic rings. The molecular formula is C13H21N3S. The van der Waals surface area contributed by atoms with Gasteiger partial charge in [-0.3, -0.25) is 9.88 Å². The lowest BCUT2D eigenvalue weighted by molar-refractivity contribution is 0.251. The van der Waals surface area contributed by atoms with Crippen LogP contribution in [0.5, 0.6) is 0 Å². The van der Waals surface area contributed by atoms with Crippen molar-refractivity contribution in [1.82, 2.24) is 9.88 Å². The van der Waals surface area contributed by atoms with Crippen LogP contribution in [0.2, 0.25) is 0 Å². The Kier molecular flexibility index (Phi) is 4.68. The molecule has 1 saturated heterocycles. The maximum absolute atomic E-state index is 4.44. The number of pyridine rings is 1. The van der Waals surface area contributed by atoms with Crippen LogP contribution in [0.1, 0.15) is 19.0 Å². The van der Waals surface area contributed by atoms with Crippen LogP contribution in [0, 0.1) is 0 Å². The quantitative estimate of drug-likeness (QED) is 0.870. The van der Waals surface area contributed by atoms with E-state index in [1.807, 2.05) is 12.3 Å². The molecule has 0 spiro atoms. The fraction of sp³-hybridized carbons (Fsp3) is 0.615. The van der Waals surface area contributed by atoms with Crippen molar-refractivity contribution in [1.29, 1.82) is 0 Å². The first-order valence-electron chi connectivity index (χ1n) is 6.26. The third-order valence-corrected chi connectivity index (χ3v) is 4.28. The number of anilines is 1. The molecule has 1 aromatic rings. The number of hydrogen-bond donors (Lipinski definition) is 1. The second kappa shape index (κ2) is 6.26. The molecule has 94 valence electrons. The molecule has 4 heteroatoms. The fourth-order valence-corrected chi connectivity index (χ4v) is 3.43. The Morgan fingerprint density at radius 1 is 1.59 bits per heavy atom. The molecule has 0 bridgehead atoms. The number of nitrogens with zero attached hydrogens (tertiary/aromatic N) is 2. The highest BCUT2D eigenvalue weighted by Gasteiger charge is 2.20. The van der Waals surface area contributed by atoms with Gasteiger partial charge >= 0.3 is 0 Å². The summed E-state index contributed by atoms with van der Waals surface area (Å²) < 4.78 is 0. The number of thioether (sulfide) groups is 1. The van der Waals surface area contributed by atoms with Crippen LogP contribution >= 0.6 is 11.8 Å². The Labute approximate surface area is 108 Å². The largest absolute Gasteiger partial charge is 0.385 e. The maximum atomic E-state index is 4.44. The van der Waals surface area contributed by atoms with E-state index in [-0.39, 0.29) is 0 Å². The van der Waals surface area contributed by atoms with Gasteiger partial charge in [-0.2, -0.15) is 11.8 Å². The first-order valence-corrected chi connectivity index (χ1v) is 7.42. The van der Waals surface area contributed by atoms with Gasteiger partial charge in [0.25, 0.3) is 0 Å². The maximum Gasteiger partial charge on any atom is 0.0564 e. The number of hydrogen-bond acceptors (Lipinski definition) is 4. The monoisotopic (exact) mass is 251 g/mol. The molecule has 1 unspecified atom stereocenters. The summed E-state index contributed by atoms with van der Waals surface area (Å²) in [6.45, 7) is 4.02. The van der Waals surface area contributed by atoms with E-state index in [1.54, 1.807) is 0 Å². The van der Waals surface area contributed by atoms with Gasteiger partial charge in [-0.15, -0.1) is 0 Å². The van der Waals surface area contributed by atoms with Gasteiger partial charge in [0.2, 0.25) is 0 Å².